The molecule has 2 N–H and O–H groups in total. The van der Waals surface area contributed by atoms with Gasteiger partial charge in [0.05, 0.1) is 0 Å². The first-order chi connectivity index (χ1) is 11.5. The average Bonchev–Trinajstić information content (AvgIpc) is 2.56. The summed E-state index contributed by atoms with van der Waals surface area (Å²) >= 11 is 0. The Bertz CT molecular complexity index is 713. The van der Waals surface area contributed by atoms with Crippen molar-refractivity contribution >= 4 is 12.1 Å². The summed E-state index contributed by atoms with van der Waals surface area (Å²) in [5.41, 5.74) is 3.78. The Hall–Kier alpha value is -2.82. The molecule has 0 aliphatic heterocycles. The molecule has 0 saturated heterocycles. The summed E-state index contributed by atoms with van der Waals surface area (Å²) in [6.45, 7) is 3.96. The van der Waals surface area contributed by atoms with Crippen molar-refractivity contribution in [3.63, 3.8) is 0 Å². The highest BCUT2D eigenvalue weighted by atomic mass is 16.5. The molecule has 1 atom stereocenters. The molecule has 5 nitrogen and oxygen atoms in total. The second-order valence-corrected chi connectivity index (χ2v) is 5.73. The van der Waals surface area contributed by atoms with E-state index >= 15 is 0 Å². The van der Waals surface area contributed by atoms with Gasteiger partial charge in [-0.25, -0.2) is 9.59 Å². The van der Waals surface area contributed by atoms with Crippen LogP contribution in [0.5, 0.6) is 0 Å². The van der Waals surface area contributed by atoms with Gasteiger partial charge in [-0.3, -0.25) is 0 Å². The molecule has 5 heteroatoms. The molecule has 126 valence electrons. The molecule has 0 bridgehead atoms. The molecule has 24 heavy (non-hydrogen) atoms. The van der Waals surface area contributed by atoms with Crippen molar-refractivity contribution in [2.24, 2.45) is 0 Å². The molecule has 0 spiro atoms. The van der Waals surface area contributed by atoms with Crippen molar-refractivity contribution in [2.45, 2.75) is 32.9 Å². The van der Waals surface area contributed by atoms with Crippen LogP contribution in [0.4, 0.5) is 4.79 Å². The van der Waals surface area contributed by atoms with E-state index in [1.165, 1.54) is 0 Å². The minimum Gasteiger partial charge on any atom is -0.480 e. The van der Waals surface area contributed by atoms with Crippen molar-refractivity contribution in [1.82, 2.24) is 5.32 Å². The molecular weight excluding hydrogens is 306 g/mol. The van der Waals surface area contributed by atoms with E-state index in [1.807, 2.05) is 62.4 Å². The molecule has 0 radical (unpaired) electrons. The Morgan fingerprint density at radius 2 is 1.83 bits per heavy atom. The van der Waals surface area contributed by atoms with Gasteiger partial charge >= 0.3 is 12.1 Å². The average molecular weight is 327 g/mol. The number of amides is 1. The smallest absolute Gasteiger partial charge is 0.408 e. The molecule has 0 aliphatic rings. The SMILES string of the molecule is Cc1ccc(C)c(C[C@@H](NC(=O)OCc2ccccc2)C(=O)O)c1. The number of carbonyl (C=O) groups is 2. The Balaban J connectivity index is 1.96. The van der Waals surface area contributed by atoms with E-state index in [1.54, 1.807) is 0 Å². The molecule has 2 rings (SSSR count). The first-order valence-corrected chi connectivity index (χ1v) is 7.72. The number of carbonyl (C=O) groups excluding carboxylic acids is 1. The highest BCUT2D eigenvalue weighted by Gasteiger charge is 2.22. The molecule has 2 aromatic rings. The van der Waals surface area contributed by atoms with Gasteiger partial charge in [0.25, 0.3) is 0 Å². The summed E-state index contributed by atoms with van der Waals surface area (Å²) in [5.74, 6) is -1.09. The van der Waals surface area contributed by atoms with Crippen LogP contribution in [0.25, 0.3) is 0 Å². The van der Waals surface area contributed by atoms with E-state index < -0.39 is 18.1 Å². The van der Waals surface area contributed by atoms with E-state index in [-0.39, 0.29) is 13.0 Å². The van der Waals surface area contributed by atoms with Crippen LogP contribution < -0.4 is 5.32 Å². The summed E-state index contributed by atoms with van der Waals surface area (Å²) in [5, 5.41) is 11.8. The lowest BCUT2D eigenvalue weighted by atomic mass is 9.99. The molecule has 0 aliphatic carbocycles. The number of rotatable bonds is 6. The fourth-order valence-electron chi connectivity index (χ4n) is 2.35. The van der Waals surface area contributed by atoms with Crippen molar-refractivity contribution in [3.05, 3.63) is 70.8 Å². The Labute approximate surface area is 141 Å². The van der Waals surface area contributed by atoms with Crippen molar-refractivity contribution in [3.8, 4) is 0 Å². The predicted molar refractivity (Wildman–Crippen MR) is 90.8 cm³/mol. The van der Waals surface area contributed by atoms with Gasteiger partial charge in [0.15, 0.2) is 0 Å². The third-order valence-electron chi connectivity index (χ3n) is 3.73. The van der Waals surface area contributed by atoms with Crippen LogP contribution in [0.1, 0.15) is 22.3 Å². The number of ether oxygens (including phenoxy) is 1. The number of carboxylic acids is 1. The quantitative estimate of drug-likeness (QED) is 0.854. The lowest BCUT2D eigenvalue weighted by molar-refractivity contribution is -0.139. The zero-order chi connectivity index (χ0) is 17.5. The van der Waals surface area contributed by atoms with Gasteiger partial charge in [0.2, 0.25) is 0 Å². The van der Waals surface area contributed by atoms with Crippen LogP contribution in [-0.4, -0.2) is 23.2 Å². The number of aryl methyl sites for hydroxylation is 2. The highest BCUT2D eigenvalue weighted by Crippen LogP contribution is 2.13. The Morgan fingerprint density at radius 3 is 2.50 bits per heavy atom. The minimum atomic E-state index is -1.09. The van der Waals surface area contributed by atoms with Crippen molar-refractivity contribution < 1.29 is 19.4 Å². The maximum Gasteiger partial charge on any atom is 0.408 e. The number of alkyl carbamates (subject to hydrolysis) is 1. The second-order valence-electron chi connectivity index (χ2n) is 5.73. The summed E-state index contributed by atoms with van der Waals surface area (Å²) in [6.07, 6.45) is -0.528. The van der Waals surface area contributed by atoms with E-state index in [4.69, 9.17) is 4.74 Å². The Kier molecular flexibility index (Phi) is 5.95. The lowest BCUT2D eigenvalue weighted by Gasteiger charge is -2.16. The van der Waals surface area contributed by atoms with Gasteiger partial charge in [0.1, 0.15) is 12.6 Å². The van der Waals surface area contributed by atoms with Crippen LogP contribution in [0, 0.1) is 13.8 Å². The van der Waals surface area contributed by atoms with E-state index in [2.05, 4.69) is 5.32 Å². The van der Waals surface area contributed by atoms with Crippen LogP contribution in [-0.2, 0) is 22.6 Å². The third-order valence-corrected chi connectivity index (χ3v) is 3.73. The predicted octanol–water partition coefficient (Wildman–Crippen LogP) is 3.23. The fourth-order valence-corrected chi connectivity index (χ4v) is 2.35. The molecule has 0 unspecified atom stereocenters. The van der Waals surface area contributed by atoms with Gasteiger partial charge in [-0.2, -0.15) is 0 Å². The number of aliphatic carboxylic acids is 1. The molecule has 0 fully saturated rings. The van der Waals surface area contributed by atoms with Crippen molar-refractivity contribution in [1.29, 1.82) is 0 Å². The number of benzene rings is 2. The zero-order valence-electron chi connectivity index (χ0n) is 13.8. The number of carboxylic acid groups (broad SMARTS) is 1. The van der Waals surface area contributed by atoms with Crippen LogP contribution in [0.15, 0.2) is 48.5 Å². The van der Waals surface area contributed by atoms with Gasteiger partial charge < -0.3 is 15.2 Å². The number of hydrogen-bond donors (Lipinski definition) is 2. The van der Waals surface area contributed by atoms with Gasteiger partial charge in [-0.15, -0.1) is 0 Å². The molecular formula is C19H21NO4. The summed E-state index contributed by atoms with van der Waals surface area (Å²) < 4.78 is 5.09. The fraction of sp³-hybridized carbons (Fsp3) is 0.263. The lowest BCUT2D eigenvalue weighted by Crippen LogP contribution is -2.42. The largest absolute Gasteiger partial charge is 0.480 e. The van der Waals surface area contributed by atoms with E-state index in [0.717, 1.165) is 22.3 Å². The first-order valence-electron chi connectivity index (χ1n) is 7.72. The van der Waals surface area contributed by atoms with Gasteiger partial charge in [0, 0.05) is 6.42 Å². The molecule has 2 aromatic carbocycles. The van der Waals surface area contributed by atoms with E-state index in [0.29, 0.717) is 0 Å². The van der Waals surface area contributed by atoms with Gasteiger partial charge in [-0.1, -0.05) is 54.1 Å². The van der Waals surface area contributed by atoms with E-state index in [9.17, 15) is 14.7 Å². The highest BCUT2D eigenvalue weighted by molar-refractivity contribution is 5.80. The monoisotopic (exact) mass is 327 g/mol. The standard InChI is InChI=1S/C19H21NO4/c1-13-8-9-14(2)16(10-13)11-17(18(21)22)20-19(23)24-12-15-6-4-3-5-7-15/h3-10,17H,11-12H2,1-2H3,(H,20,23)(H,21,22)/t17-/m1/s1. The second kappa shape index (κ2) is 8.15. The zero-order valence-corrected chi connectivity index (χ0v) is 13.8. The summed E-state index contributed by atoms with van der Waals surface area (Å²) in [4.78, 5) is 23.3. The first kappa shape index (κ1) is 17.5. The maximum absolute atomic E-state index is 11.9. The van der Waals surface area contributed by atoms with Gasteiger partial charge in [-0.05, 0) is 30.5 Å². The molecule has 0 saturated carbocycles. The molecule has 0 aromatic heterocycles. The summed E-state index contributed by atoms with van der Waals surface area (Å²) in [7, 11) is 0. The normalized spacial score (nSPS) is 11.6. The number of nitrogens with one attached hydrogen (secondary N) is 1. The summed E-state index contributed by atoms with van der Waals surface area (Å²) in [6, 6.07) is 14.0. The van der Waals surface area contributed by atoms with Crippen molar-refractivity contribution in [2.75, 3.05) is 0 Å². The topological polar surface area (TPSA) is 75.6 Å². The minimum absolute atomic E-state index is 0.0997. The van der Waals surface area contributed by atoms with Crippen LogP contribution >= 0.6 is 0 Å². The maximum atomic E-state index is 11.9. The van der Waals surface area contributed by atoms with Crippen LogP contribution in [0.2, 0.25) is 0 Å². The number of hydrogen-bond acceptors (Lipinski definition) is 3. The Morgan fingerprint density at radius 1 is 1.12 bits per heavy atom. The van der Waals surface area contributed by atoms with Crippen LogP contribution in [0.3, 0.4) is 0 Å². The third kappa shape index (κ3) is 5.12. The molecule has 0 heterocycles. The molecule has 1 amide bonds.